The summed E-state index contributed by atoms with van der Waals surface area (Å²) in [6.45, 7) is 3.71. The van der Waals surface area contributed by atoms with Crippen molar-refractivity contribution in [2.24, 2.45) is 0 Å². The van der Waals surface area contributed by atoms with Gasteiger partial charge in [-0.15, -0.1) is 0 Å². The number of nitrogens with zero attached hydrogens (tertiary/aromatic N) is 3. The van der Waals surface area contributed by atoms with Gasteiger partial charge in [0.1, 0.15) is 10.4 Å². The highest BCUT2D eigenvalue weighted by atomic mass is 32.2. The monoisotopic (exact) mass is 536 g/mol. The molecule has 9 nitrogen and oxygen atoms in total. The molecule has 2 fully saturated rings. The molecular weight excluding hydrogens is 504 g/mol. The molecule has 1 aliphatic heterocycles. The van der Waals surface area contributed by atoms with E-state index in [-0.39, 0.29) is 10.8 Å². The first-order valence-corrected chi connectivity index (χ1v) is 14.4. The summed E-state index contributed by atoms with van der Waals surface area (Å²) in [7, 11) is -3.91. The summed E-state index contributed by atoms with van der Waals surface area (Å²) in [5.74, 6) is -0.904. The number of carbonyl (C=O) groups is 2. The molecule has 1 saturated carbocycles. The van der Waals surface area contributed by atoms with Crippen LogP contribution in [0.3, 0.4) is 0 Å². The lowest BCUT2D eigenvalue weighted by atomic mass is 9.80. The number of aryl methyl sites for hydroxylation is 1. The number of benzene rings is 2. The van der Waals surface area contributed by atoms with E-state index in [0.29, 0.717) is 61.4 Å². The van der Waals surface area contributed by atoms with Gasteiger partial charge >= 0.3 is 5.97 Å². The highest BCUT2D eigenvalue weighted by Crippen LogP contribution is 2.35. The number of nitrogens with one attached hydrogen (secondary N) is 1. The topological polar surface area (TPSA) is 120 Å². The van der Waals surface area contributed by atoms with Crippen molar-refractivity contribution in [1.82, 2.24) is 14.8 Å². The van der Waals surface area contributed by atoms with Crippen molar-refractivity contribution < 1.29 is 23.1 Å². The van der Waals surface area contributed by atoms with Crippen molar-refractivity contribution in [2.45, 2.75) is 49.5 Å². The standard InChI is InChI=1S/C28H32N4O5S/c1-20-19-22(26(33)31-15-17-32(18-16-31)28(27(34)35)12-3-2-4-13-28)10-11-23(20)30-38(36,37)24-9-5-7-21-8-6-14-29-25(21)24/h5-11,14,19,30H,2-4,12-13,15-18H2,1H3,(H,34,35). The minimum atomic E-state index is -3.91. The maximum Gasteiger partial charge on any atom is 0.324 e. The van der Waals surface area contributed by atoms with Gasteiger partial charge in [-0.1, -0.05) is 37.5 Å². The van der Waals surface area contributed by atoms with Gasteiger partial charge in [0.25, 0.3) is 15.9 Å². The van der Waals surface area contributed by atoms with Crippen molar-refractivity contribution in [3.8, 4) is 0 Å². The Morgan fingerprint density at radius 3 is 2.37 bits per heavy atom. The fourth-order valence-corrected chi connectivity index (χ4v) is 7.04. The Morgan fingerprint density at radius 1 is 0.974 bits per heavy atom. The predicted molar refractivity (Wildman–Crippen MR) is 145 cm³/mol. The molecular formula is C28H32N4O5S. The van der Waals surface area contributed by atoms with E-state index >= 15 is 0 Å². The molecule has 2 aromatic carbocycles. The van der Waals surface area contributed by atoms with Crippen LogP contribution in [0.5, 0.6) is 0 Å². The second-order valence-electron chi connectivity index (χ2n) is 10.1. The first-order chi connectivity index (χ1) is 18.2. The third-order valence-corrected chi connectivity index (χ3v) is 9.25. The normalized spacial score (nSPS) is 18.3. The molecule has 1 aromatic heterocycles. The lowest BCUT2D eigenvalue weighted by Gasteiger charge is -2.47. The molecule has 200 valence electrons. The number of piperazine rings is 1. The maximum absolute atomic E-state index is 13.3. The van der Waals surface area contributed by atoms with Crippen LogP contribution < -0.4 is 4.72 Å². The second-order valence-corrected chi connectivity index (χ2v) is 11.8. The van der Waals surface area contributed by atoms with E-state index in [4.69, 9.17) is 0 Å². The van der Waals surface area contributed by atoms with E-state index in [2.05, 4.69) is 9.71 Å². The minimum Gasteiger partial charge on any atom is -0.480 e. The van der Waals surface area contributed by atoms with E-state index in [0.717, 1.165) is 24.6 Å². The SMILES string of the molecule is Cc1cc(C(=O)N2CCN(C3(C(=O)O)CCCCC3)CC2)ccc1NS(=O)(=O)c1cccc2cccnc12. The number of hydrogen-bond acceptors (Lipinski definition) is 6. The molecule has 1 saturated heterocycles. The summed E-state index contributed by atoms with van der Waals surface area (Å²) in [4.78, 5) is 33.5. The van der Waals surface area contributed by atoms with Crippen LogP contribution in [0.4, 0.5) is 5.69 Å². The van der Waals surface area contributed by atoms with E-state index in [1.165, 1.54) is 6.07 Å². The Kier molecular flexibility index (Phi) is 7.11. The number of carbonyl (C=O) groups excluding carboxylic acids is 1. The molecule has 5 rings (SSSR count). The zero-order valence-electron chi connectivity index (χ0n) is 21.4. The number of hydrogen-bond donors (Lipinski definition) is 2. The maximum atomic E-state index is 13.3. The Balaban J connectivity index is 1.28. The Morgan fingerprint density at radius 2 is 1.68 bits per heavy atom. The van der Waals surface area contributed by atoms with Gasteiger partial charge in [-0.25, -0.2) is 8.42 Å². The zero-order chi connectivity index (χ0) is 26.9. The Labute approximate surface area is 222 Å². The number of sulfonamides is 1. The molecule has 0 bridgehead atoms. The first-order valence-electron chi connectivity index (χ1n) is 13.0. The van der Waals surface area contributed by atoms with Gasteiger partial charge in [0.2, 0.25) is 0 Å². The fraction of sp³-hybridized carbons (Fsp3) is 0.393. The van der Waals surface area contributed by atoms with Gasteiger partial charge in [0.15, 0.2) is 0 Å². The van der Waals surface area contributed by atoms with Crippen LogP contribution >= 0.6 is 0 Å². The molecule has 2 heterocycles. The van der Waals surface area contributed by atoms with E-state index in [9.17, 15) is 23.1 Å². The summed E-state index contributed by atoms with van der Waals surface area (Å²) >= 11 is 0. The number of carboxylic acid groups (broad SMARTS) is 1. The van der Waals surface area contributed by atoms with Gasteiger partial charge in [-0.3, -0.25) is 24.2 Å². The summed E-state index contributed by atoms with van der Waals surface area (Å²) < 4.78 is 29.0. The first kappa shape index (κ1) is 26.1. The lowest BCUT2D eigenvalue weighted by molar-refractivity contribution is -0.155. The number of carboxylic acids is 1. The Bertz CT molecular complexity index is 1470. The van der Waals surface area contributed by atoms with Crippen molar-refractivity contribution in [2.75, 3.05) is 30.9 Å². The smallest absolute Gasteiger partial charge is 0.324 e. The van der Waals surface area contributed by atoms with Crippen LogP contribution in [-0.2, 0) is 14.8 Å². The van der Waals surface area contributed by atoms with Crippen LogP contribution in [0.2, 0.25) is 0 Å². The number of fused-ring (bicyclic) bond motifs is 1. The predicted octanol–water partition coefficient (Wildman–Crippen LogP) is 3.89. The number of rotatable bonds is 6. The molecule has 2 aliphatic rings. The molecule has 38 heavy (non-hydrogen) atoms. The fourth-order valence-electron chi connectivity index (χ4n) is 5.73. The van der Waals surface area contributed by atoms with Crippen molar-refractivity contribution in [3.05, 3.63) is 65.9 Å². The number of aliphatic carboxylic acids is 1. The van der Waals surface area contributed by atoms with Gasteiger partial charge in [-0.2, -0.15) is 0 Å². The largest absolute Gasteiger partial charge is 0.480 e. The van der Waals surface area contributed by atoms with Crippen molar-refractivity contribution >= 4 is 38.5 Å². The van der Waals surface area contributed by atoms with Gasteiger partial charge in [0.05, 0.1) is 11.2 Å². The number of anilines is 1. The zero-order valence-corrected chi connectivity index (χ0v) is 22.2. The van der Waals surface area contributed by atoms with E-state index < -0.39 is 21.5 Å². The molecule has 0 unspecified atom stereocenters. The number of aromatic nitrogens is 1. The quantitative estimate of drug-likeness (QED) is 0.490. The number of para-hydroxylation sites is 1. The molecule has 0 radical (unpaired) electrons. The molecule has 10 heteroatoms. The van der Waals surface area contributed by atoms with E-state index in [1.54, 1.807) is 48.4 Å². The third-order valence-electron chi connectivity index (χ3n) is 7.85. The summed E-state index contributed by atoms with van der Waals surface area (Å²) in [6, 6.07) is 13.5. The van der Waals surface area contributed by atoms with Crippen molar-refractivity contribution in [1.29, 1.82) is 0 Å². The van der Waals surface area contributed by atoms with Crippen LogP contribution in [-0.4, -0.2) is 71.9 Å². The third kappa shape index (κ3) is 4.86. The molecule has 1 aliphatic carbocycles. The molecule has 2 N–H and O–H groups in total. The van der Waals surface area contributed by atoms with Crippen LogP contribution in [0, 0.1) is 6.92 Å². The molecule has 0 spiro atoms. The molecule has 3 aromatic rings. The summed E-state index contributed by atoms with van der Waals surface area (Å²) in [6.07, 6.45) is 5.76. The van der Waals surface area contributed by atoms with E-state index in [1.807, 2.05) is 17.0 Å². The average Bonchev–Trinajstić information content (AvgIpc) is 2.93. The minimum absolute atomic E-state index is 0.0881. The lowest BCUT2D eigenvalue weighted by Crippen LogP contribution is -2.62. The highest BCUT2D eigenvalue weighted by Gasteiger charge is 2.46. The van der Waals surface area contributed by atoms with Crippen LogP contribution in [0.15, 0.2) is 59.6 Å². The van der Waals surface area contributed by atoms with Crippen LogP contribution in [0.25, 0.3) is 10.9 Å². The van der Waals surface area contributed by atoms with Gasteiger partial charge < -0.3 is 10.0 Å². The van der Waals surface area contributed by atoms with Gasteiger partial charge in [0, 0.05) is 43.3 Å². The summed E-state index contributed by atoms with van der Waals surface area (Å²) in [5, 5.41) is 10.7. The number of pyridine rings is 1. The molecule has 0 atom stereocenters. The Hall–Kier alpha value is -3.50. The highest BCUT2D eigenvalue weighted by molar-refractivity contribution is 7.93. The summed E-state index contributed by atoms with van der Waals surface area (Å²) in [5.41, 5.74) is 1.06. The van der Waals surface area contributed by atoms with Gasteiger partial charge in [-0.05, 0) is 55.7 Å². The second kappa shape index (κ2) is 10.3. The molecule has 1 amide bonds. The number of amides is 1. The van der Waals surface area contributed by atoms with Crippen LogP contribution in [0.1, 0.15) is 48.0 Å². The average molecular weight is 537 g/mol. The van der Waals surface area contributed by atoms with Crippen molar-refractivity contribution in [3.63, 3.8) is 0 Å².